The van der Waals surface area contributed by atoms with E-state index in [4.69, 9.17) is 17.3 Å². The summed E-state index contributed by atoms with van der Waals surface area (Å²) in [6.07, 6.45) is 3.54. The average Bonchev–Trinajstić information content (AvgIpc) is 2.97. The van der Waals surface area contributed by atoms with Gasteiger partial charge in [-0.15, -0.1) is 0 Å². The van der Waals surface area contributed by atoms with Gasteiger partial charge in [0.1, 0.15) is 5.82 Å². The van der Waals surface area contributed by atoms with Crippen LogP contribution in [0, 0.1) is 5.82 Å². The molecule has 1 aromatic heterocycles. The molecule has 3 aromatic rings. The molecule has 5 heteroatoms. The Morgan fingerprint density at radius 3 is 2.62 bits per heavy atom. The van der Waals surface area contributed by atoms with Crippen LogP contribution in [0.1, 0.15) is 17.2 Å². The van der Waals surface area contributed by atoms with Gasteiger partial charge in [-0.2, -0.15) is 5.10 Å². The third-order valence-corrected chi connectivity index (χ3v) is 3.61. The number of hydrogen-bond acceptors (Lipinski definition) is 2. The van der Waals surface area contributed by atoms with Crippen molar-refractivity contribution in [1.29, 1.82) is 0 Å². The second-order valence-corrected chi connectivity index (χ2v) is 5.10. The first kappa shape index (κ1) is 13.8. The molecule has 0 amide bonds. The summed E-state index contributed by atoms with van der Waals surface area (Å²) in [5, 5.41) is 4.61. The zero-order chi connectivity index (χ0) is 14.8. The molecule has 0 saturated carbocycles. The predicted molar refractivity (Wildman–Crippen MR) is 81.0 cm³/mol. The summed E-state index contributed by atoms with van der Waals surface area (Å²) >= 11 is 6.05. The second-order valence-electron chi connectivity index (χ2n) is 4.70. The maximum absolute atomic E-state index is 13.1. The monoisotopic (exact) mass is 301 g/mol. The van der Waals surface area contributed by atoms with Gasteiger partial charge in [0.15, 0.2) is 0 Å². The summed E-state index contributed by atoms with van der Waals surface area (Å²) in [5.74, 6) is -0.379. The largest absolute Gasteiger partial charge is 0.320 e. The van der Waals surface area contributed by atoms with E-state index in [0.717, 1.165) is 11.3 Å². The minimum atomic E-state index is -0.449. The fourth-order valence-corrected chi connectivity index (χ4v) is 2.44. The molecule has 0 bridgehead atoms. The van der Waals surface area contributed by atoms with Crippen LogP contribution in [-0.2, 0) is 0 Å². The number of benzene rings is 2. The molecule has 2 N–H and O–H groups in total. The Kier molecular flexibility index (Phi) is 3.73. The van der Waals surface area contributed by atoms with E-state index < -0.39 is 6.04 Å². The van der Waals surface area contributed by atoms with E-state index in [9.17, 15) is 4.39 Å². The lowest BCUT2D eigenvalue weighted by molar-refractivity contribution is 0.626. The quantitative estimate of drug-likeness (QED) is 0.801. The lowest BCUT2D eigenvalue weighted by Crippen LogP contribution is -2.11. The summed E-state index contributed by atoms with van der Waals surface area (Å²) in [6.45, 7) is 0. The van der Waals surface area contributed by atoms with Gasteiger partial charge in [-0.25, -0.2) is 9.07 Å². The fraction of sp³-hybridized carbons (Fsp3) is 0.0625. The number of hydrogen-bond donors (Lipinski definition) is 1. The summed E-state index contributed by atoms with van der Waals surface area (Å²) in [7, 11) is 0. The van der Waals surface area contributed by atoms with Crippen molar-refractivity contribution in [3.05, 3.63) is 82.9 Å². The maximum Gasteiger partial charge on any atom is 0.124 e. The minimum absolute atomic E-state index is 0.315. The van der Waals surface area contributed by atoms with Crippen molar-refractivity contribution >= 4 is 11.6 Å². The van der Waals surface area contributed by atoms with Crippen LogP contribution in [0.2, 0.25) is 5.02 Å². The molecule has 0 radical (unpaired) electrons. The molecule has 0 aliphatic carbocycles. The highest BCUT2D eigenvalue weighted by molar-refractivity contribution is 6.31. The van der Waals surface area contributed by atoms with E-state index in [1.54, 1.807) is 16.9 Å². The highest BCUT2D eigenvalue weighted by Crippen LogP contribution is 2.27. The Morgan fingerprint density at radius 2 is 1.90 bits per heavy atom. The smallest absolute Gasteiger partial charge is 0.124 e. The Morgan fingerprint density at radius 1 is 1.14 bits per heavy atom. The number of rotatable bonds is 3. The van der Waals surface area contributed by atoms with E-state index in [0.29, 0.717) is 10.6 Å². The first-order valence-corrected chi connectivity index (χ1v) is 6.83. The van der Waals surface area contributed by atoms with Gasteiger partial charge in [0.2, 0.25) is 0 Å². The molecule has 0 aliphatic rings. The summed E-state index contributed by atoms with van der Waals surface area (Å²) in [6, 6.07) is 13.5. The van der Waals surface area contributed by atoms with Crippen molar-refractivity contribution in [2.45, 2.75) is 6.04 Å². The summed E-state index contributed by atoms with van der Waals surface area (Å²) < 4.78 is 14.8. The standard InChI is InChI=1S/C16H13ClFN3/c17-15-8-12(18)6-7-14(15)16(19)11-9-20-21(10-11)13-4-2-1-3-5-13/h1-10,16H,19H2. The highest BCUT2D eigenvalue weighted by Gasteiger charge is 2.15. The Bertz CT molecular complexity index is 755. The molecular weight excluding hydrogens is 289 g/mol. The second kappa shape index (κ2) is 5.68. The number of halogens is 2. The topological polar surface area (TPSA) is 43.8 Å². The summed E-state index contributed by atoms with van der Waals surface area (Å²) in [4.78, 5) is 0. The molecular formula is C16H13ClFN3. The Hall–Kier alpha value is -2.17. The van der Waals surface area contributed by atoms with Gasteiger partial charge in [0.05, 0.1) is 17.9 Å². The Labute approximate surface area is 126 Å². The molecule has 3 rings (SSSR count). The first-order chi connectivity index (χ1) is 10.1. The first-order valence-electron chi connectivity index (χ1n) is 6.45. The summed E-state index contributed by atoms with van der Waals surface area (Å²) in [5.41, 5.74) is 8.63. The van der Waals surface area contributed by atoms with Crippen molar-refractivity contribution in [3.8, 4) is 5.69 Å². The van der Waals surface area contributed by atoms with Crippen LogP contribution in [0.15, 0.2) is 60.9 Å². The van der Waals surface area contributed by atoms with Crippen LogP contribution in [0.4, 0.5) is 4.39 Å². The van der Waals surface area contributed by atoms with E-state index in [-0.39, 0.29) is 5.82 Å². The predicted octanol–water partition coefficient (Wildman–Crippen LogP) is 3.71. The molecule has 1 heterocycles. The Balaban J connectivity index is 1.92. The molecule has 3 nitrogen and oxygen atoms in total. The van der Waals surface area contributed by atoms with Crippen molar-refractivity contribution in [2.75, 3.05) is 0 Å². The molecule has 0 aliphatic heterocycles. The van der Waals surface area contributed by atoms with Gasteiger partial charge in [-0.3, -0.25) is 0 Å². The van der Waals surface area contributed by atoms with Crippen LogP contribution < -0.4 is 5.73 Å². The van der Waals surface area contributed by atoms with E-state index in [2.05, 4.69) is 5.10 Å². The maximum atomic E-state index is 13.1. The van der Waals surface area contributed by atoms with Crippen LogP contribution >= 0.6 is 11.6 Å². The third kappa shape index (κ3) is 2.82. The molecule has 106 valence electrons. The third-order valence-electron chi connectivity index (χ3n) is 3.28. The van der Waals surface area contributed by atoms with Crippen molar-refractivity contribution < 1.29 is 4.39 Å². The lowest BCUT2D eigenvalue weighted by atomic mass is 10.0. The molecule has 1 unspecified atom stereocenters. The van der Waals surface area contributed by atoms with E-state index in [1.165, 1.54) is 12.1 Å². The van der Waals surface area contributed by atoms with Gasteiger partial charge in [-0.05, 0) is 29.8 Å². The number of aromatic nitrogens is 2. The molecule has 1 atom stereocenters. The van der Waals surface area contributed by atoms with E-state index >= 15 is 0 Å². The van der Waals surface area contributed by atoms with Crippen LogP contribution in [0.5, 0.6) is 0 Å². The highest BCUT2D eigenvalue weighted by atomic mass is 35.5. The molecule has 21 heavy (non-hydrogen) atoms. The van der Waals surface area contributed by atoms with Gasteiger partial charge >= 0.3 is 0 Å². The fourth-order valence-electron chi connectivity index (χ4n) is 2.15. The SMILES string of the molecule is NC(c1cnn(-c2ccccc2)c1)c1ccc(F)cc1Cl. The number of para-hydroxylation sites is 1. The molecule has 0 fully saturated rings. The number of nitrogens with zero attached hydrogens (tertiary/aromatic N) is 2. The lowest BCUT2D eigenvalue weighted by Gasteiger charge is -2.11. The molecule has 2 aromatic carbocycles. The van der Waals surface area contributed by atoms with Gasteiger partial charge in [0, 0.05) is 16.8 Å². The van der Waals surface area contributed by atoms with E-state index in [1.807, 2.05) is 36.5 Å². The van der Waals surface area contributed by atoms with Crippen molar-refractivity contribution in [3.63, 3.8) is 0 Å². The zero-order valence-electron chi connectivity index (χ0n) is 11.1. The van der Waals surface area contributed by atoms with Crippen molar-refractivity contribution in [2.24, 2.45) is 5.73 Å². The van der Waals surface area contributed by atoms with Crippen LogP contribution in [0.25, 0.3) is 5.69 Å². The van der Waals surface area contributed by atoms with Gasteiger partial charge < -0.3 is 5.73 Å². The molecule has 0 spiro atoms. The normalized spacial score (nSPS) is 12.3. The average molecular weight is 302 g/mol. The number of nitrogens with two attached hydrogens (primary N) is 1. The minimum Gasteiger partial charge on any atom is -0.320 e. The van der Waals surface area contributed by atoms with Crippen LogP contribution in [0.3, 0.4) is 0 Å². The van der Waals surface area contributed by atoms with Gasteiger partial charge in [0.25, 0.3) is 0 Å². The van der Waals surface area contributed by atoms with Crippen molar-refractivity contribution in [1.82, 2.24) is 9.78 Å². The molecule has 0 saturated heterocycles. The zero-order valence-corrected chi connectivity index (χ0v) is 11.8. The van der Waals surface area contributed by atoms with Crippen LogP contribution in [-0.4, -0.2) is 9.78 Å². The van der Waals surface area contributed by atoms with Gasteiger partial charge in [-0.1, -0.05) is 35.9 Å².